The molecule has 3 N–H and O–H groups in total. The molecule has 0 unspecified atom stereocenters. The zero-order valence-corrected chi connectivity index (χ0v) is 18.5. The van der Waals surface area contributed by atoms with Crippen molar-refractivity contribution in [1.29, 1.82) is 0 Å². The van der Waals surface area contributed by atoms with Crippen LogP contribution in [0.2, 0.25) is 5.02 Å². The lowest BCUT2D eigenvalue weighted by Gasteiger charge is -2.13. The summed E-state index contributed by atoms with van der Waals surface area (Å²) in [4.78, 5) is 37.3. The molecule has 3 aromatic rings. The van der Waals surface area contributed by atoms with Gasteiger partial charge >= 0.3 is 5.91 Å². The third-order valence-corrected chi connectivity index (χ3v) is 5.47. The Labute approximate surface area is 195 Å². The molecule has 0 spiro atoms. The van der Waals surface area contributed by atoms with Crippen molar-refractivity contribution in [2.75, 3.05) is 0 Å². The van der Waals surface area contributed by atoms with Crippen LogP contribution >= 0.6 is 11.6 Å². The Morgan fingerprint density at radius 2 is 1.64 bits per heavy atom. The first-order chi connectivity index (χ1) is 15.9. The van der Waals surface area contributed by atoms with E-state index in [9.17, 15) is 14.4 Å². The third kappa shape index (κ3) is 4.96. The lowest BCUT2D eigenvalue weighted by atomic mass is 9.93. The SMILES string of the molecule is Cc1c(C(=O)NNC(=O)c2ccccc2)oc2c1/C(=N/NC(=O)c1cccc(Cl)c1)CCC2. The van der Waals surface area contributed by atoms with Crippen LogP contribution in [-0.2, 0) is 6.42 Å². The van der Waals surface area contributed by atoms with E-state index in [4.69, 9.17) is 16.0 Å². The highest BCUT2D eigenvalue weighted by atomic mass is 35.5. The molecule has 0 bridgehead atoms. The van der Waals surface area contributed by atoms with Gasteiger partial charge in [-0.2, -0.15) is 5.10 Å². The number of furan rings is 1. The fourth-order valence-electron chi connectivity index (χ4n) is 3.64. The van der Waals surface area contributed by atoms with Crippen molar-refractivity contribution in [3.05, 3.63) is 93.4 Å². The van der Waals surface area contributed by atoms with Gasteiger partial charge < -0.3 is 4.42 Å². The average Bonchev–Trinajstić information content (AvgIpc) is 3.18. The molecule has 3 amide bonds. The van der Waals surface area contributed by atoms with Crippen LogP contribution < -0.4 is 16.3 Å². The van der Waals surface area contributed by atoms with Gasteiger partial charge in [0.15, 0.2) is 5.76 Å². The predicted octanol–water partition coefficient (Wildman–Crippen LogP) is 3.79. The first-order valence-electron chi connectivity index (χ1n) is 10.3. The number of nitrogens with zero attached hydrogens (tertiary/aromatic N) is 1. The van der Waals surface area contributed by atoms with E-state index in [2.05, 4.69) is 21.4 Å². The summed E-state index contributed by atoms with van der Waals surface area (Å²) in [6.45, 7) is 1.75. The Bertz CT molecular complexity index is 1250. The van der Waals surface area contributed by atoms with Gasteiger partial charge in [-0.15, -0.1) is 0 Å². The molecule has 0 radical (unpaired) electrons. The smallest absolute Gasteiger partial charge is 0.305 e. The number of nitrogens with one attached hydrogen (secondary N) is 3. The van der Waals surface area contributed by atoms with Gasteiger partial charge in [0, 0.05) is 33.7 Å². The van der Waals surface area contributed by atoms with Crippen LogP contribution in [0.1, 0.15) is 61.0 Å². The first kappa shape index (κ1) is 22.3. The molecule has 2 aromatic carbocycles. The summed E-state index contributed by atoms with van der Waals surface area (Å²) in [5.74, 6) is -0.699. The van der Waals surface area contributed by atoms with Crippen LogP contribution in [0, 0.1) is 6.92 Å². The van der Waals surface area contributed by atoms with Crippen LogP contribution in [-0.4, -0.2) is 23.4 Å². The van der Waals surface area contributed by atoms with Gasteiger partial charge in [0.05, 0.1) is 5.71 Å². The van der Waals surface area contributed by atoms with Crippen molar-refractivity contribution in [3.63, 3.8) is 0 Å². The molecule has 1 heterocycles. The number of hydrazine groups is 1. The van der Waals surface area contributed by atoms with Crippen LogP contribution in [0.5, 0.6) is 0 Å². The molecule has 168 valence electrons. The Morgan fingerprint density at radius 3 is 2.39 bits per heavy atom. The van der Waals surface area contributed by atoms with Crippen molar-refractivity contribution in [3.8, 4) is 0 Å². The van der Waals surface area contributed by atoms with E-state index in [-0.39, 0.29) is 11.7 Å². The number of carbonyl (C=O) groups excluding carboxylic acids is 3. The predicted molar refractivity (Wildman–Crippen MR) is 123 cm³/mol. The molecule has 0 fully saturated rings. The second kappa shape index (κ2) is 9.70. The summed E-state index contributed by atoms with van der Waals surface area (Å²) in [5.41, 5.74) is 10.0. The number of hydrogen-bond acceptors (Lipinski definition) is 5. The highest BCUT2D eigenvalue weighted by molar-refractivity contribution is 6.31. The number of carbonyl (C=O) groups is 3. The molecule has 9 heteroatoms. The highest BCUT2D eigenvalue weighted by Crippen LogP contribution is 2.29. The molecule has 1 aliphatic rings. The number of hydrazone groups is 1. The van der Waals surface area contributed by atoms with E-state index < -0.39 is 11.8 Å². The first-order valence-corrected chi connectivity index (χ1v) is 10.7. The molecule has 0 saturated carbocycles. The van der Waals surface area contributed by atoms with Gasteiger partial charge in [-0.3, -0.25) is 25.2 Å². The normalized spacial score (nSPS) is 13.8. The second-order valence-corrected chi connectivity index (χ2v) is 7.93. The third-order valence-electron chi connectivity index (χ3n) is 5.24. The molecular weight excluding hydrogens is 444 g/mol. The summed E-state index contributed by atoms with van der Waals surface area (Å²) in [6, 6.07) is 15.1. The largest absolute Gasteiger partial charge is 0.455 e. The zero-order chi connectivity index (χ0) is 23.4. The molecule has 1 aromatic heterocycles. The molecule has 33 heavy (non-hydrogen) atoms. The Kier molecular flexibility index (Phi) is 6.55. The van der Waals surface area contributed by atoms with Crippen LogP contribution in [0.3, 0.4) is 0 Å². The maximum atomic E-state index is 12.7. The van der Waals surface area contributed by atoms with E-state index in [1.807, 2.05) is 0 Å². The summed E-state index contributed by atoms with van der Waals surface area (Å²) in [5, 5.41) is 4.75. The minimum Gasteiger partial charge on any atom is -0.455 e. The summed E-state index contributed by atoms with van der Waals surface area (Å²) in [7, 11) is 0. The van der Waals surface area contributed by atoms with Crippen molar-refractivity contribution in [2.24, 2.45) is 5.10 Å². The van der Waals surface area contributed by atoms with Crippen molar-refractivity contribution >= 4 is 35.0 Å². The maximum Gasteiger partial charge on any atom is 0.305 e. The molecule has 0 aliphatic heterocycles. The number of aryl methyl sites for hydroxylation is 1. The Balaban J connectivity index is 1.49. The number of rotatable bonds is 4. The lowest BCUT2D eigenvalue weighted by molar-refractivity contribution is 0.0829. The quantitative estimate of drug-likeness (QED) is 0.510. The average molecular weight is 465 g/mol. The maximum absolute atomic E-state index is 12.7. The molecule has 4 rings (SSSR count). The van der Waals surface area contributed by atoms with Crippen LogP contribution in [0.15, 0.2) is 64.1 Å². The zero-order valence-electron chi connectivity index (χ0n) is 17.8. The van der Waals surface area contributed by atoms with E-state index in [0.717, 1.165) is 6.42 Å². The second-order valence-electron chi connectivity index (χ2n) is 7.49. The van der Waals surface area contributed by atoms with Gasteiger partial charge in [-0.25, -0.2) is 5.43 Å². The molecular formula is C24H21ClN4O4. The summed E-state index contributed by atoms with van der Waals surface area (Å²) in [6.07, 6.45) is 2.02. The van der Waals surface area contributed by atoms with Gasteiger partial charge in [0.1, 0.15) is 5.76 Å². The Hall–Kier alpha value is -3.91. The topological polar surface area (TPSA) is 113 Å². The minimum atomic E-state index is -0.575. The van der Waals surface area contributed by atoms with Crippen LogP contribution in [0.4, 0.5) is 0 Å². The Morgan fingerprint density at radius 1 is 0.909 bits per heavy atom. The number of hydrogen-bond donors (Lipinski definition) is 3. The minimum absolute atomic E-state index is 0.0872. The van der Waals surface area contributed by atoms with Crippen molar-refractivity contribution < 1.29 is 18.8 Å². The summed E-state index contributed by atoms with van der Waals surface area (Å²) >= 11 is 5.95. The van der Waals surface area contributed by atoms with Gasteiger partial charge in [-0.1, -0.05) is 35.9 Å². The van der Waals surface area contributed by atoms with E-state index in [1.165, 1.54) is 0 Å². The van der Waals surface area contributed by atoms with E-state index in [0.29, 0.717) is 51.6 Å². The molecule has 8 nitrogen and oxygen atoms in total. The van der Waals surface area contributed by atoms with Crippen molar-refractivity contribution in [2.45, 2.75) is 26.2 Å². The van der Waals surface area contributed by atoms with Crippen LogP contribution in [0.25, 0.3) is 0 Å². The number of benzene rings is 2. The van der Waals surface area contributed by atoms with E-state index in [1.54, 1.807) is 61.5 Å². The van der Waals surface area contributed by atoms with E-state index >= 15 is 0 Å². The highest BCUT2D eigenvalue weighted by Gasteiger charge is 2.28. The van der Waals surface area contributed by atoms with Gasteiger partial charge in [0.25, 0.3) is 11.8 Å². The van der Waals surface area contributed by atoms with Crippen molar-refractivity contribution in [1.82, 2.24) is 16.3 Å². The molecule has 0 saturated heterocycles. The standard InChI is InChI=1S/C24H21ClN4O4/c1-14-20-18(26-27-23(31)16-9-5-10-17(25)13-16)11-6-12-19(20)33-21(14)24(32)29-28-22(30)15-7-3-2-4-8-15/h2-5,7-10,13H,6,11-12H2,1H3,(H,27,31)(H,28,30)(H,29,32)/b26-18+. The fourth-order valence-corrected chi connectivity index (χ4v) is 3.83. The van der Waals surface area contributed by atoms with Gasteiger partial charge in [-0.05, 0) is 50.1 Å². The van der Waals surface area contributed by atoms with Gasteiger partial charge in [0.2, 0.25) is 0 Å². The summed E-state index contributed by atoms with van der Waals surface area (Å²) < 4.78 is 5.80. The lowest BCUT2D eigenvalue weighted by Crippen LogP contribution is -2.41. The molecule has 1 aliphatic carbocycles. The monoisotopic (exact) mass is 464 g/mol. The number of amides is 3. The number of fused-ring (bicyclic) bond motifs is 1. The number of halogens is 1. The molecule has 0 atom stereocenters. The fraction of sp³-hybridized carbons (Fsp3) is 0.167.